The molecule has 0 aromatic rings. The Morgan fingerprint density at radius 3 is 2.00 bits per heavy atom. The van der Waals surface area contributed by atoms with Gasteiger partial charge in [0.2, 0.25) is 0 Å². The van der Waals surface area contributed by atoms with E-state index in [-0.39, 0.29) is 28.6 Å². The lowest BCUT2D eigenvalue weighted by Gasteiger charge is -2.43. The summed E-state index contributed by atoms with van der Waals surface area (Å²) in [6, 6.07) is 0. The minimum Gasteiger partial charge on any atom is -0.402 e. The first-order chi connectivity index (χ1) is 11.6. The molecular weight excluding hydrogens is 324 g/mol. The third-order valence-corrected chi connectivity index (χ3v) is 6.27. The fraction of sp³-hybridized carbons (Fsp3) is 0.909. The van der Waals surface area contributed by atoms with Crippen molar-refractivity contribution in [3.63, 3.8) is 0 Å². The fourth-order valence-electron chi connectivity index (χ4n) is 2.37. The van der Waals surface area contributed by atoms with Crippen LogP contribution in [0.15, 0.2) is 12.3 Å². The summed E-state index contributed by atoms with van der Waals surface area (Å²) in [7, 11) is 0. The first kappa shape index (κ1) is 25.4. The molecule has 0 aliphatic rings. The maximum atomic E-state index is 6.31. The van der Waals surface area contributed by atoms with Gasteiger partial charge in [0.25, 0.3) is 0 Å². The molecule has 4 nitrogen and oxygen atoms in total. The molecule has 0 fully saturated rings. The first-order valence-corrected chi connectivity index (χ1v) is 10.1. The second kappa shape index (κ2) is 10.1. The van der Waals surface area contributed by atoms with Gasteiger partial charge in [0.05, 0.1) is 24.9 Å². The third kappa shape index (κ3) is 8.88. The third-order valence-electron chi connectivity index (χ3n) is 6.27. The summed E-state index contributed by atoms with van der Waals surface area (Å²) in [4.78, 5) is 0. The Bertz CT molecular complexity index is 424. The Kier molecular flexibility index (Phi) is 9.87. The molecule has 0 radical (unpaired) electrons. The molecule has 0 amide bonds. The van der Waals surface area contributed by atoms with Crippen LogP contribution in [0, 0.1) is 17.3 Å². The van der Waals surface area contributed by atoms with Gasteiger partial charge in [0, 0.05) is 17.2 Å². The average Bonchev–Trinajstić information content (AvgIpc) is 2.48. The van der Waals surface area contributed by atoms with Gasteiger partial charge in [-0.1, -0.05) is 40.7 Å². The molecule has 4 heteroatoms. The molecule has 3 unspecified atom stereocenters. The molecule has 3 atom stereocenters. The van der Waals surface area contributed by atoms with E-state index in [0.717, 1.165) is 19.3 Å². The van der Waals surface area contributed by atoms with Crippen LogP contribution in [0.25, 0.3) is 0 Å². The Morgan fingerprint density at radius 2 is 1.54 bits per heavy atom. The van der Waals surface area contributed by atoms with Gasteiger partial charge in [-0.05, 0) is 58.8 Å². The van der Waals surface area contributed by atoms with Gasteiger partial charge in [-0.3, -0.25) is 0 Å². The minimum absolute atomic E-state index is 0.0734. The zero-order valence-electron chi connectivity index (χ0n) is 18.9. The highest BCUT2D eigenvalue weighted by atomic mass is 16.5. The summed E-state index contributed by atoms with van der Waals surface area (Å²) >= 11 is 0. The monoisotopic (exact) mass is 370 g/mol. The molecule has 0 spiro atoms. The summed E-state index contributed by atoms with van der Waals surface area (Å²) in [5, 5.41) is 0. The minimum atomic E-state index is -0.223. The second-order valence-electron chi connectivity index (χ2n) is 9.94. The SMILES string of the molecule is C=C(N)C(C)COC(C)CCCC(C)(C)C(C)(C)OCC(C)C(C)(C)N. The Hall–Kier alpha value is -0.580. The summed E-state index contributed by atoms with van der Waals surface area (Å²) in [5.41, 5.74) is 12.2. The highest BCUT2D eigenvalue weighted by Gasteiger charge is 2.38. The topological polar surface area (TPSA) is 70.5 Å². The molecule has 4 N–H and O–H groups in total. The van der Waals surface area contributed by atoms with Crippen LogP contribution in [0.4, 0.5) is 0 Å². The number of ether oxygens (including phenoxy) is 2. The average molecular weight is 371 g/mol. The van der Waals surface area contributed by atoms with Crippen molar-refractivity contribution in [3.05, 3.63) is 12.3 Å². The maximum absolute atomic E-state index is 6.31. The molecule has 0 aliphatic heterocycles. The molecule has 0 aliphatic carbocycles. The first-order valence-electron chi connectivity index (χ1n) is 10.1. The molecule has 156 valence electrons. The van der Waals surface area contributed by atoms with Crippen molar-refractivity contribution in [1.82, 2.24) is 0 Å². The zero-order valence-corrected chi connectivity index (χ0v) is 18.9. The predicted octanol–water partition coefficient (Wildman–Crippen LogP) is 4.87. The van der Waals surface area contributed by atoms with E-state index in [4.69, 9.17) is 20.9 Å². The smallest absolute Gasteiger partial charge is 0.0677 e. The van der Waals surface area contributed by atoms with Crippen molar-refractivity contribution in [2.75, 3.05) is 13.2 Å². The normalized spacial score (nSPS) is 17.0. The van der Waals surface area contributed by atoms with E-state index in [0.29, 0.717) is 24.8 Å². The molecule has 0 rings (SSSR count). The van der Waals surface area contributed by atoms with Crippen LogP contribution in [0.5, 0.6) is 0 Å². The molecule has 0 aromatic heterocycles. The summed E-state index contributed by atoms with van der Waals surface area (Å²) < 4.78 is 12.2. The van der Waals surface area contributed by atoms with E-state index < -0.39 is 0 Å². The summed E-state index contributed by atoms with van der Waals surface area (Å²) in [6.45, 7) is 24.5. The predicted molar refractivity (Wildman–Crippen MR) is 113 cm³/mol. The second-order valence-corrected chi connectivity index (χ2v) is 9.94. The number of hydrogen-bond donors (Lipinski definition) is 2. The van der Waals surface area contributed by atoms with Crippen molar-refractivity contribution in [2.24, 2.45) is 28.7 Å². The van der Waals surface area contributed by atoms with Crippen molar-refractivity contribution < 1.29 is 9.47 Å². The largest absolute Gasteiger partial charge is 0.402 e. The quantitative estimate of drug-likeness (QED) is 0.485. The van der Waals surface area contributed by atoms with Gasteiger partial charge in [-0.25, -0.2) is 0 Å². The van der Waals surface area contributed by atoms with E-state index in [9.17, 15) is 0 Å². The van der Waals surface area contributed by atoms with E-state index in [1.807, 2.05) is 6.92 Å². The maximum Gasteiger partial charge on any atom is 0.0677 e. The number of nitrogens with two attached hydrogens (primary N) is 2. The molecule has 0 heterocycles. The lowest BCUT2D eigenvalue weighted by molar-refractivity contribution is -0.116. The van der Waals surface area contributed by atoms with E-state index >= 15 is 0 Å². The zero-order chi connectivity index (χ0) is 20.8. The Morgan fingerprint density at radius 1 is 1.00 bits per heavy atom. The Balaban J connectivity index is 4.38. The molecule has 0 saturated carbocycles. The number of hydrogen-bond acceptors (Lipinski definition) is 4. The molecule has 0 aromatic carbocycles. The van der Waals surface area contributed by atoms with Gasteiger partial charge in [0.1, 0.15) is 0 Å². The van der Waals surface area contributed by atoms with Gasteiger partial charge >= 0.3 is 0 Å². The lowest BCUT2D eigenvalue weighted by atomic mass is 9.73. The molecular formula is C22H46N2O2. The lowest BCUT2D eigenvalue weighted by Crippen LogP contribution is -2.47. The summed E-state index contributed by atoms with van der Waals surface area (Å²) in [6.07, 6.45) is 3.47. The highest BCUT2D eigenvalue weighted by Crippen LogP contribution is 2.39. The van der Waals surface area contributed by atoms with Crippen molar-refractivity contribution >= 4 is 0 Å². The van der Waals surface area contributed by atoms with Crippen LogP contribution in [0.3, 0.4) is 0 Å². The van der Waals surface area contributed by atoms with Gasteiger partial charge in [-0.2, -0.15) is 0 Å². The molecule has 0 saturated heterocycles. The fourth-order valence-corrected chi connectivity index (χ4v) is 2.37. The number of rotatable bonds is 13. The van der Waals surface area contributed by atoms with Crippen molar-refractivity contribution in [2.45, 2.75) is 98.8 Å². The van der Waals surface area contributed by atoms with Crippen LogP contribution in [0.1, 0.15) is 81.6 Å². The van der Waals surface area contributed by atoms with E-state index in [1.165, 1.54) is 0 Å². The van der Waals surface area contributed by atoms with E-state index in [1.54, 1.807) is 0 Å². The van der Waals surface area contributed by atoms with Crippen molar-refractivity contribution in [1.29, 1.82) is 0 Å². The van der Waals surface area contributed by atoms with Crippen LogP contribution in [-0.4, -0.2) is 30.5 Å². The van der Waals surface area contributed by atoms with Crippen molar-refractivity contribution in [3.8, 4) is 0 Å². The summed E-state index contributed by atoms with van der Waals surface area (Å²) in [5.74, 6) is 0.514. The van der Waals surface area contributed by atoms with E-state index in [2.05, 4.69) is 62.0 Å². The van der Waals surface area contributed by atoms with Gasteiger partial charge in [-0.15, -0.1) is 0 Å². The van der Waals surface area contributed by atoms with Crippen LogP contribution in [0.2, 0.25) is 0 Å². The standard InChI is InChI=1S/C22H46N2O2/c1-16(19(4)23)14-25-18(3)12-11-13-20(5,6)22(9,10)26-15-17(2)21(7,8)24/h16-18H,4,11-15,23-24H2,1-3,5-10H3. The highest BCUT2D eigenvalue weighted by molar-refractivity contribution is 4.92. The Labute approximate surface area is 163 Å². The van der Waals surface area contributed by atoms with Gasteiger partial charge in [0.15, 0.2) is 0 Å². The van der Waals surface area contributed by atoms with Crippen LogP contribution in [-0.2, 0) is 9.47 Å². The van der Waals surface area contributed by atoms with Crippen LogP contribution < -0.4 is 11.5 Å². The molecule has 0 bridgehead atoms. The molecule has 26 heavy (non-hydrogen) atoms. The van der Waals surface area contributed by atoms with Crippen LogP contribution >= 0.6 is 0 Å². The van der Waals surface area contributed by atoms with Gasteiger partial charge < -0.3 is 20.9 Å².